The minimum absolute atomic E-state index is 0.240. The van der Waals surface area contributed by atoms with E-state index in [1.54, 1.807) is 20.8 Å². The van der Waals surface area contributed by atoms with Gasteiger partial charge in [-0.1, -0.05) is 0 Å². The number of hydrogen-bond acceptors (Lipinski definition) is 7. The van der Waals surface area contributed by atoms with E-state index in [1.165, 1.54) is 7.11 Å². The molecule has 0 fully saturated rings. The summed E-state index contributed by atoms with van der Waals surface area (Å²) in [6.45, 7) is 8.22. The summed E-state index contributed by atoms with van der Waals surface area (Å²) in [5, 5.41) is 2.59. The van der Waals surface area contributed by atoms with Crippen LogP contribution in [-0.4, -0.2) is 71.0 Å². The molecule has 0 aliphatic rings. The van der Waals surface area contributed by atoms with Gasteiger partial charge in [-0.25, -0.2) is 4.79 Å². The molecule has 1 N–H and O–H groups in total. The van der Waals surface area contributed by atoms with Crippen LogP contribution in [0.2, 0.25) is 0 Å². The van der Waals surface area contributed by atoms with Gasteiger partial charge in [0, 0.05) is 6.54 Å². The Morgan fingerprint density at radius 1 is 0.870 bits per heavy atom. The smallest absolute Gasteiger partial charge is 0.407 e. The number of esters is 1. The fourth-order valence-corrected chi connectivity index (χ4v) is 1.34. The van der Waals surface area contributed by atoms with Crippen molar-refractivity contribution in [1.29, 1.82) is 0 Å². The summed E-state index contributed by atoms with van der Waals surface area (Å²) < 4.78 is 25.3. The van der Waals surface area contributed by atoms with Crippen molar-refractivity contribution < 1.29 is 33.3 Å². The zero-order chi connectivity index (χ0) is 17.6. The molecule has 0 aromatic carbocycles. The van der Waals surface area contributed by atoms with E-state index in [1.807, 2.05) is 0 Å². The van der Waals surface area contributed by atoms with E-state index in [-0.39, 0.29) is 12.4 Å². The van der Waals surface area contributed by atoms with Crippen LogP contribution in [0.25, 0.3) is 0 Å². The van der Waals surface area contributed by atoms with Gasteiger partial charge in [0.05, 0.1) is 53.2 Å². The number of ether oxygens (including phenoxy) is 5. The van der Waals surface area contributed by atoms with Crippen molar-refractivity contribution in [3.8, 4) is 0 Å². The van der Waals surface area contributed by atoms with Crippen molar-refractivity contribution in [2.45, 2.75) is 32.8 Å². The molecule has 0 rings (SSSR count). The molecule has 0 aromatic rings. The summed E-state index contributed by atoms with van der Waals surface area (Å²) in [6, 6.07) is 0. The molecule has 0 saturated heterocycles. The number of methoxy groups -OCH3 is 1. The molecule has 0 aliphatic carbocycles. The topological polar surface area (TPSA) is 92.3 Å². The van der Waals surface area contributed by atoms with Gasteiger partial charge in [-0.15, -0.1) is 0 Å². The highest BCUT2D eigenvalue weighted by atomic mass is 16.6. The van der Waals surface area contributed by atoms with E-state index in [9.17, 15) is 9.59 Å². The molecule has 136 valence electrons. The Labute approximate surface area is 137 Å². The number of carbonyl (C=O) groups excluding carboxylic acids is 2. The number of alkyl carbamates (subject to hydrolysis) is 1. The van der Waals surface area contributed by atoms with Crippen molar-refractivity contribution in [2.75, 3.05) is 53.3 Å². The molecule has 8 heteroatoms. The van der Waals surface area contributed by atoms with Gasteiger partial charge in [0.15, 0.2) is 0 Å². The van der Waals surface area contributed by atoms with Gasteiger partial charge < -0.3 is 29.0 Å². The van der Waals surface area contributed by atoms with Crippen LogP contribution in [0.4, 0.5) is 4.79 Å². The number of amides is 1. The maximum atomic E-state index is 11.3. The number of nitrogens with one attached hydrogen (secondary N) is 1. The SMILES string of the molecule is COC(=O)CCOCCOCCOCCNC(=O)OC(C)(C)C. The quantitative estimate of drug-likeness (QED) is 0.422. The van der Waals surface area contributed by atoms with E-state index in [0.29, 0.717) is 46.2 Å². The Bertz CT molecular complexity index is 328. The lowest BCUT2D eigenvalue weighted by atomic mass is 10.2. The molecule has 0 radical (unpaired) electrons. The molecule has 0 unspecified atom stereocenters. The second-order valence-electron chi connectivity index (χ2n) is 5.59. The van der Waals surface area contributed by atoms with E-state index >= 15 is 0 Å². The Kier molecular flexibility index (Phi) is 12.3. The molecule has 0 heterocycles. The normalized spacial score (nSPS) is 11.1. The van der Waals surface area contributed by atoms with E-state index in [4.69, 9.17) is 18.9 Å². The van der Waals surface area contributed by atoms with Gasteiger partial charge in [-0.2, -0.15) is 0 Å². The van der Waals surface area contributed by atoms with Crippen LogP contribution in [0.1, 0.15) is 27.2 Å². The van der Waals surface area contributed by atoms with Crippen LogP contribution in [0.15, 0.2) is 0 Å². The largest absolute Gasteiger partial charge is 0.469 e. The first kappa shape index (κ1) is 21.6. The standard InChI is InChI=1S/C15H29NO7/c1-15(2,3)23-14(18)16-6-8-21-10-12-22-11-9-20-7-5-13(17)19-4/h5-12H2,1-4H3,(H,16,18). The second kappa shape index (κ2) is 13.1. The van der Waals surface area contributed by atoms with E-state index in [2.05, 4.69) is 10.1 Å². The molecule has 0 spiro atoms. The summed E-state index contributed by atoms with van der Waals surface area (Å²) in [6.07, 6.45) is -0.217. The minimum atomic E-state index is -0.502. The molecule has 0 atom stereocenters. The molecule has 8 nitrogen and oxygen atoms in total. The lowest BCUT2D eigenvalue weighted by Crippen LogP contribution is -2.34. The first-order chi connectivity index (χ1) is 10.8. The average molecular weight is 335 g/mol. The maximum Gasteiger partial charge on any atom is 0.407 e. The van der Waals surface area contributed by atoms with Crippen molar-refractivity contribution in [3.63, 3.8) is 0 Å². The molecule has 1 amide bonds. The number of hydrogen-bond donors (Lipinski definition) is 1. The molecule has 23 heavy (non-hydrogen) atoms. The fourth-order valence-electron chi connectivity index (χ4n) is 1.34. The summed E-state index contributed by atoms with van der Waals surface area (Å²) in [4.78, 5) is 22.1. The van der Waals surface area contributed by atoms with Gasteiger partial charge in [-0.05, 0) is 20.8 Å². The third-order valence-electron chi connectivity index (χ3n) is 2.34. The highest BCUT2D eigenvalue weighted by Crippen LogP contribution is 2.05. The van der Waals surface area contributed by atoms with Crippen LogP contribution in [-0.2, 0) is 28.5 Å². The van der Waals surface area contributed by atoms with Gasteiger partial charge in [0.1, 0.15) is 5.60 Å². The van der Waals surface area contributed by atoms with Gasteiger partial charge in [-0.3, -0.25) is 4.79 Å². The summed E-state index contributed by atoms with van der Waals surface area (Å²) in [5.74, 6) is -0.292. The van der Waals surface area contributed by atoms with Crippen LogP contribution < -0.4 is 5.32 Å². The van der Waals surface area contributed by atoms with Gasteiger partial charge in [0.2, 0.25) is 0 Å². The third kappa shape index (κ3) is 16.8. The van der Waals surface area contributed by atoms with Crippen molar-refractivity contribution >= 4 is 12.1 Å². The molecule has 0 aliphatic heterocycles. The number of carbonyl (C=O) groups is 2. The van der Waals surface area contributed by atoms with Crippen LogP contribution in [0.3, 0.4) is 0 Å². The fraction of sp³-hybridized carbons (Fsp3) is 0.867. The van der Waals surface area contributed by atoms with E-state index in [0.717, 1.165) is 0 Å². The Balaban J connectivity index is 3.22. The van der Waals surface area contributed by atoms with Crippen LogP contribution in [0.5, 0.6) is 0 Å². The Morgan fingerprint density at radius 3 is 1.91 bits per heavy atom. The molecule has 0 bridgehead atoms. The van der Waals surface area contributed by atoms with Crippen molar-refractivity contribution in [2.24, 2.45) is 0 Å². The minimum Gasteiger partial charge on any atom is -0.469 e. The molecular formula is C15H29NO7. The first-order valence-corrected chi connectivity index (χ1v) is 7.62. The van der Waals surface area contributed by atoms with Crippen LogP contribution in [0, 0.1) is 0 Å². The average Bonchev–Trinajstić information content (AvgIpc) is 2.46. The molecule has 0 saturated carbocycles. The zero-order valence-corrected chi connectivity index (χ0v) is 14.5. The predicted molar refractivity (Wildman–Crippen MR) is 83.3 cm³/mol. The van der Waals surface area contributed by atoms with Gasteiger partial charge in [0.25, 0.3) is 0 Å². The predicted octanol–water partition coefficient (Wildman–Crippen LogP) is 1.12. The summed E-state index contributed by atoms with van der Waals surface area (Å²) >= 11 is 0. The first-order valence-electron chi connectivity index (χ1n) is 7.62. The number of rotatable bonds is 12. The Morgan fingerprint density at radius 2 is 1.39 bits per heavy atom. The highest BCUT2D eigenvalue weighted by Gasteiger charge is 2.15. The second-order valence-corrected chi connectivity index (χ2v) is 5.59. The highest BCUT2D eigenvalue weighted by molar-refractivity contribution is 5.69. The lowest BCUT2D eigenvalue weighted by molar-refractivity contribution is -0.141. The summed E-state index contributed by atoms with van der Waals surface area (Å²) in [7, 11) is 1.34. The van der Waals surface area contributed by atoms with Gasteiger partial charge >= 0.3 is 12.1 Å². The van der Waals surface area contributed by atoms with Crippen molar-refractivity contribution in [3.05, 3.63) is 0 Å². The molecule has 0 aromatic heterocycles. The van der Waals surface area contributed by atoms with Crippen molar-refractivity contribution in [1.82, 2.24) is 5.32 Å². The maximum absolute atomic E-state index is 11.3. The van der Waals surface area contributed by atoms with E-state index < -0.39 is 11.7 Å². The van der Waals surface area contributed by atoms with Crippen LogP contribution >= 0.6 is 0 Å². The molecular weight excluding hydrogens is 306 g/mol. The Hall–Kier alpha value is -1.38. The monoisotopic (exact) mass is 335 g/mol. The third-order valence-corrected chi connectivity index (χ3v) is 2.34. The summed E-state index contributed by atoms with van der Waals surface area (Å²) in [5.41, 5.74) is -0.502. The zero-order valence-electron chi connectivity index (χ0n) is 14.5. The lowest BCUT2D eigenvalue weighted by Gasteiger charge is -2.19.